The zero-order valence-electron chi connectivity index (χ0n) is 11.2. The van der Waals surface area contributed by atoms with Crippen molar-refractivity contribution in [2.45, 2.75) is 19.6 Å². The molecule has 0 aliphatic heterocycles. The van der Waals surface area contributed by atoms with Crippen molar-refractivity contribution in [3.63, 3.8) is 0 Å². The van der Waals surface area contributed by atoms with Crippen LogP contribution < -0.4 is 4.74 Å². The van der Waals surface area contributed by atoms with Crippen LogP contribution in [0.5, 0.6) is 5.75 Å². The summed E-state index contributed by atoms with van der Waals surface area (Å²) in [6.45, 7) is 0.392. The van der Waals surface area contributed by atoms with Gasteiger partial charge in [0.05, 0.1) is 18.3 Å². The number of hydrogen-bond donors (Lipinski definition) is 0. The van der Waals surface area contributed by atoms with Crippen molar-refractivity contribution in [1.82, 2.24) is 4.57 Å². The molecule has 0 bridgehead atoms. The standard InChI is InChI=1S/C15H17NO3/c1-18-9-16-13-6-5-12(19-2)7-11(13)8-14(16)15(17)10-3-4-10/h5-8,10H,3-4,9H2,1-2H3. The van der Waals surface area contributed by atoms with Crippen LogP contribution in [0.4, 0.5) is 0 Å². The number of aromatic nitrogens is 1. The van der Waals surface area contributed by atoms with E-state index in [1.54, 1.807) is 14.2 Å². The van der Waals surface area contributed by atoms with Crippen molar-refractivity contribution in [2.75, 3.05) is 14.2 Å². The summed E-state index contributed by atoms with van der Waals surface area (Å²) in [7, 11) is 3.28. The van der Waals surface area contributed by atoms with Crippen molar-refractivity contribution in [1.29, 1.82) is 0 Å². The van der Waals surface area contributed by atoms with Crippen LogP contribution in [0.15, 0.2) is 24.3 Å². The highest BCUT2D eigenvalue weighted by Gasteiger charge is 2.32. The van der Waals surface area contributed by atoms with E-state index in [-0.39, 0.29) is 11.7 Å². The second-order valence-electron chi connectivity index (χ2n) is 4.94. The van der Waals surface area contributed by atoms with E-state index in [1.807, 2.05) is 28.8 Å². The van der Waals surface area contributed by atoms with E-state index in [2.05, 4.69) is 0 Å². The number of fused-ring (bicyclic) bond motifs is 1. The number of carbonyl (C=O) groups excluding carboxylic acids is 1. The number of rotatable bonds is 5. The number of ether oxygens (including phenoxy) is 2. The number of ketones is 1. The molecular formula is C15H17NO3. The summed E-state index contributed by atoms with van der Waals surface area (Å²) in [5, 5.41) is 1.01. The van der Waals surface area contributed by atoms with Crippen LogP contribution in [0.25, 0.3) is 10.9 Å². The number of Topliss-reactive ketones (excluding diaryl/α,β-unsaturated/α-hetero) is 1. The molecule has 1 saturated carbocycles. The van der Waals surface area contributed by atoms with Crippen molar-refractivity contribution < 1.29 is 14.3 Å². The summed E-state index contributed by atoms with van der Waals surface area (Å²) >= 11 is 0. The van der Waals surface area contributed by atoms with Gasteiger partial charge in [0.15, 0.2) is 5.78 Å². The lowest BCUT2D eigenvalue weighted by atomic mass is 10.2. The van der Waals surface area contributed by atoms with Gasteiger partial charge in [-0.15, -0.1) is 0 Å². The predicted molar refractivity (Wildman–Crippen MR) is 72.6 cm³/mol. The fourth-order valence-electron chi connectivity index (χ4n) is 2.40. The summed E-state index contributed by atoms with van der Waals surface area (Å²) in [6.07, 6.45) is 2.02. The highest BCUT2D eigenvalue weighted by molar-refractivity contribution is 6.02. The summed E-state index contributed by atoms with van der Waals surface area (Å²) in [5.74, 6) is 1.24. The zero-order chi connectivity index (χ0) is 13.4. The van der Waals surface area contributed by atoms with Crippen LogP contribution in [-0.4, -0.2) is 24.6 Å². The molecule has 3 rings (SSSR count). The van der Waals surface area contributed by atoms with Gasteiger partial charge >= 0.3 is 0 Å². The number of nitrogens with zero attached hydrogens (tertiary/aromatic N) is 1. The number of methoxy groups -OCH3 is 2. The fourth-order valence-corrected chi connectivity index (χ4v) is 2.40. The highest BCUT2D eigenvalue weighted by atomic mass is 16.5. The fraction of sp³-hybridized carbons (Fsp3) is 0.400. The van der Waals surface area contributed by atoms with E-state index >= 15 is 0 Å². The van der Waals surface area contributed by atoms with Gasteiger partial charge in [-0.25, -0.2) is 0 Å². The van der Waals surface area contributed by atoms with Gasteiger partial charge in [-0.05, 0) is 37.1 Å². The van der Waals surface area contributed by atoms with E-state index in [9.17, 15) is 4.79 Å². The maximum absolute atomic E-state index is 12.3. The number of benzene rings is 1. The first-order valence-electron chi connectivity index (χ1n) is 6.45. The first-order chi connectivity index (χ1) is 9.24. The molecule has 0 atom stereocenters. The molecule has 0 amide bonds. The summed E-state index contributed by atoms with van der Waals surface area (Å²) in [4.78, 5) is 12.3. The Morgan fingerprint density at radius 3 is 2.74 bits per heavy atom. The average Bonchev–Trinajstić information content (AvgIpc) is 3.21. The van der Waals surface area contributed by atoms with Crippen molar-refractivity contribution >= 4 is 16.7 Å². The molecule has 1 aliphatic rings. The Morgan fingerprint density at radius 1 is 1.32 bits per heavy atom. The van der Waals surface area contributed by atoms with Gasteiger partial charge in [-0.3, -0.25) is 4.79 Å². The van der Waals surface area contributed by atoms with Gasteiger partial charge in [-0.2, -0.15) is 0 Å². The van der Waals surface area contributed by atoms with Gasteiger partial charge in [-0.1, -0.05) is 0 Å². The third-order valence-corrected chi connectivity index (χ3v) is 3.57. The second kappa shape index (κ2) is 4.70. The number of hydrogen-bond acceptors (Lipinski definition) is 3. The average molecular weight is 259 g/mol. The Bertz CT molecular complexity index is 626. The minimum Gasteiger partial charge on any atom is -0.497 e. The molecule has 0 unspecified atom stereocenters. The van der Waals surface area contributed by atoms with Crippen LogP contribution in [0.1, 0.15) is 23.3 Å². The lowest BCUT2D eigenvalue weighted by molar-refractivity contribution is 0.0930. The van der Waals surface area contributed by atoms with Crippen LogP contribution in [0, 0.1) is 5.92 Å². The molecule has 0 saturated heterocycles. The van der Waals surface area contributed by atoms with Gasteiger partial charge in [0.2, 0.25) is 0 Å². The molecule has 1 aromatic carbocycles. The molecule has 1 heterocycles. The third-order valence-electron chi connectivity index (χ3n) is 3.57. The molecule has 4 heteroatoms. The smallest absolute Gasteiger partial charge is 0.182 e. The molecular weight excluding hydrogens is 242 g/mol. The van der Waals surface area contributed by atoms with Crippen molar-refractivity contribution in [3.05, 3.63) is 30.0 Å². The molecule has 2 aromatic rings. The van der Waals surface area contributed by atoms with Crippen molar-refractivity contribution in [2.24, 2.45) is 5.92 Å². The third kappa shape index (κ3) is 2.12. The maximum atomic E-state index is 12.3. The van der Waals surface area contributed by atoms with Crippen LogP contribution in [0.3, 0.4) is 0 Å². The molecule has 1 aliphatic carbocycles. The minimum absolute atomic E-state index is 0.210. The first-order valence-corrected chi connectivity index (χ1v) is 6.45. The lowest BCUT2D eigenvalue weighted by Crippen LogP contribution is -2.11. The normalized spacial score (nSPS) is 14.8. The quantitative estimate of drug-likeness (QED) is 0.775. The molecule has 0 N–H and O–H groups in total. The van der Waals surface area contributed by atoms with Crippen molar-refractivity contribution in [3.8, 4) is 5.75 Å². The summed E-state index contributed by atoms with van der Waals surface area (Å²) in [5.41, 5.74) is 1.75. The molecule has 100 valence electrons. The monoisotopic (exact) mass is 259 g/mol. The van der Waals surface area contributed by atoms with E-state index < -0.39 is 0 Å². The molecule has 19 heavy (non-hydrogen) atoms. The number of carbonyl (C=O) groups is 1. The van der Waals surface area contributed by atoms with E-state index in [0.29, 0.717) is 6.73 Å². The zero-order valence-corrected chi connectivity index (χ0v) is 11.2. The van der Waals surface area contributed by atoms with E-state index in [1.165, 1.54) is 0 Å². The molecule has 1 fully saturated rings. The highest BCUT2D eigenvalue weighted by Crippen LogP contribution is 2.34. The van der Waals surface area contributed by atoms with Crippen LogP contribution in [0.2, 0.25) is 0 Å². The Balaban J connectivity index is 2.13. The Labute approximate surface area is 111 Å². The molecule has 1 aromatic heterocycles. The predicted octanol–water partition coefficient (Wildman–Crippen LogP) is 2.85. The Morgan fingerprint density at radius 2 is 2.11 bits per heavy atom. The van der Waals surface area contributed by atoms with Gasteiger partial charge in [0, 0.05) is 18.4 Å². The molecule has 0 radical (unpaired) electrons. The van der Waals surface area contributed by atoms with Crippen LogP contribution in [-0.2, 0) is 11.5 Å². The Kier molecular flexibility index (Phi) is 3.03. The van der Waals surface area contributed by atoms with Crippen LogP contribution >= 0.6 is 0 Å². The molecule has 0 spiro atoms. The summed E-state index contributed by atoms with van der Waals surface area (Å²) < 4.78 is 12.4. The molecule has 4 nitrogen and oxygen atoms in total. The van der Waals surface area contributed by atoms with Gasteiger partial charge in [0.1, 0.15) is 12.5 Å². The Hall–Kier alpha value is -1.81. The van der Waals surface area contributed by atoms with E-state index in [4.69, 9.17) is 9.47 Å². The lowest BCUT2D eigenvalue weighted by Gasteiger charge is -2.08. The van der Waals surface area contributed by atoms with Gasteiger partial charge in [0.25, 0.3) is 0 Å². The second-order valence-corrected chi connectivity index (χ2v) is 4.94. The van der Waals surface area contributed by atoms with Gasteiger partial charge < -0.3 is 14.0 Å². The summed E-state index contributed by atoms with van der Waals surface area (Å²) in [6, 6.07) is 7.76. The van der Waals surface area contributed by atoms with E-state index in [0.717, 1.165) is 35.2 Å². The first kappa shape index (κ1) is 12.2. The minimum atomic E-state index is 0.210. The topological polar surface area (TPSA) is 40.5 Å². The SMILES string of the molecule is COCn1c(C(=O)C2CC2)cc2cc(OC)ccc21. The maximum Gasteiger partial charge on any atom is 0.182 e. The largest absolute Gasteiger partial charge is 0.497 e.